The zero-order valence-electron chi connectivity index (χ0n) is 17.5. The summed E-state index contributed by atoms with van der Waals surface area (Å²) in [6, 6.07) is 19.3. The second-order valence-corrected chi connectivity index (χ2v) is 7.79. The second kappa shape index (κ2) is 7.82. The highest BCUT2D eigenvalue weighted by molar-refractivity contribution is 5.57. The molecule has 7 nitrogen and oxygen atoms in total. The largest absolute Gasteiger partial charge is 0.454 e. The first-order valence-corrected chi connectivity index (χ1v) is 10.3. The molecule has 0 aliphatic carbocycles. The summed E-state index contributed by atoms with van der Waals surface area (Å²) < 4.78 is 18.4. The van der Waals surface area contributed by atoms with Crippen molar-refractivity contribution in [3.05, 3.63) is 98.8 Å². The molecule has 3 aromatic rings. The molecule has 5 rings (SSSR count). The molecule has 0 saturated heterocycles. The number of allylic oxidation sites excluding steroid dienone is 1. The number of pyridine rings is 1. The van der Waals surface area contributed by atoms with Crippen LogP contribution in [-0.4, -0.2) is 11.4 Å². The summed E-state index contributed by atoms with van der Waals surface area (Å²) in [5, 5.41) is 9.85. The van der Waals surface area contributed by atoms with Crippen LogP contribution in [0, 0.1) is 18.3 Å². The molecule has 160 valence electrons. The maximum atomic E-state index is 13.7. The standard InChI is InChI=1S/C25H21N3O4/c1-15-11-21-23(25(29)28(15)10-9-16-5-3-2-4-6-16)22(18(13-26)24(27)32-21)17-7-8-19-20(12-17)31-14-30-19/h2-8,11-12,22H,9-10,14,27H2,1H3/t22-/m1/s1. The van der Waals surface area contributed by atoms with Crippen LogP contribution in [0.25, 0.3) is 0 Å². The van der Waals surface area contributed by atoms with E-state index in [2.05, 4.69) is 6.07 Å². The van der Waals surface area contributed by atoms with E-state index in [1.165, 1.54) is 0 Å². The summed E-state index contributed by atoms with van der Waals surface area (Å²) in [6.07, 6.45) is 0.707. The molecule has 1 atom stereocenters. The maximum absolute atomic E-state index is 13.7. The van der Waals surface area contributed by atoms with Crippen LogP contribution >= 0.6 is 0 Å². The van der Waals surface area contributed by atoms with Gasteiger partial charge in [0.05, 0.1) is 11.5 Å². The number of fused-ring (bicyclic) bond motifs is 2. The molecule has 0 saturated carbocycles. The van der Waals surface area contributed by atoms with Crippen molar-refractivity contribution in [1.82, 2.24) is 4.57 Å². The summed E-state index contributed by atoms with van der Waals surface area (Å²) >= 11 is 0. The molecule has 32 heavy (non-hydrogen) atoms. The lowest BCUT2D eigenvalue weighted by Crippen LogP contribution is -2.33. The van der Waals surface area contributed by atoms with E-state index in [1.54, 1.807) is 16.7 Å². The predicted molar refractivity (Wildman–Crippen MR) is 117 cm³/mol. The third-order valence-electron chi connectivity index (χ3n) is 5.89. The Morgan fingerprint density at radius 3 is 2.66 bits per heavy atom. The van der Waals surface area contributed by atoms with Crippen LogP contribution in [0.5, 0.6) is 17.2 Å². The lowest BCUT2D eigenvalue weighted by Gasteiger charge is -2.27. The van der Waals surface area contributed by atoms with Gasteiger partial charge in [0.25, 0.3) is 5.56 Å². The van der Waals surface area contributed by atoms with E-state index in [1.807, 2.05) is 49.4 Å². The Morgan fingerprint density at radius 1 is 1.09 bits per heavy atom. The van der Waals surface area contributed by atoms with Gasteiger partial charge in [-0.15, -0.1) is 0 Å². The Kier molecular flexibility index (Phi) is 4.83. The number of aromatic nitrogens is 1. The van der Waals surface area contributed by atoms with Gasteiger partial charge in [-0.2, -0.15) is 5.26 Å². The van der Waals surface area contributed by atoms with E-state index in [-0.39, 0.29) is 23.8 Å². The van der Waals surface area contributed by atoms with Gasteiger partial charge in [-0.3, -0.25) is 4.79 Å². The number of aryl methyl sites for hydroxylation is 2. The number of rotatable bonds is 4. The Morgan fingerprint density at radius 2 is 1.88 bits per heavy atom. The molecule has 2 aliphatic heterocycles. The molecule has 0 bridgehead atoms. The Bertz CT molecular complexity index is 1340. The molecule has 7 heteroatoms. The van der Waals surface area contributed by atoms with Gasteiger partial charge in [0.2, 0.25) is 12.7 Å². The van der Waals surface area contributed by atoms with Crippen molar-refractivity contribution in [2.45, 2.75) is 25.8 Å². The highest BCUT2D eigenvalue weighted by atomic mass is 16.7. The van der Waals surface area contributed by atoms with Crippen LogP contribution in [-0.2, 0) is 13.0 Å². The van der Waals surface area contributed by atoms with Crippen molar-refractivity contribution >= 4 is 0 Å². The van der Waals surface area contributed by atoms with E-state index in [9.17, 15) is 10.1 Å². The number of nitriles is 1. The highest BCUT2D eigenvalue weighted by Gasteiger charge is 2.35. The van der Waals surface area contributed by atoms with E-state index in [0.29, 0.717) is 41.3 Å². The van der Waals surface area contributed by atoms with Crippen molar-refractivity contribution in [2.24, 2.45) is 5.73 Å². The Hall–Kier alpha value is -4.18. The summed E-state index contributed by atoms with van der Waals surface area (Å²) in [7, 11) is 0. The summed E-state index contributed by atoms with van der Waals surface area (Å²) in [6.45, 7) is 2.51. The van der Waals surface area contributed by atoms with Gasteiger partial charge in [0.1, 0.15) is 17.4 Å². The first-order chi connectivity index (χ1) is 15.6. The van der Waals surface area contributed by atoms with E-state index in [0.717, 1.165) is 11.3 Å². The summed E-state index contributed by atoms with van der Waals surface area (Å²) in [4.78, 5) is 13.7. The molecule has 0 unspecified atom stereocenters. The second-order valence-electron chi connectivity index (χ2n) is 7.79. The van der Waals surface area contributed by atoms with Crippen LogP contribution < -0.4 is 25.5 Å². The third kappa shape index (κ3) is 3.26. The number of benzene rings is 2. The van der Waals surface area contributed by atoms with Gasteiger partial charge in [-0.05, 0) is 36.6 Å². The lowest BCUT2D eigenvalue weighted by atomic mass is 9.84. The Labute approximate surface area is 184 Å². The Balaban J connectivity index is 1.62. The van der Waals surface area contributed by atoms with Crippen molar-refractivity contribution < 1.29 is 14.2 Å². The minimum absolute atomic E-state index is 0.00324. The van der Waals surface area contributed by atoms with Crippen LogP contribution in [0.3, 0.4) is 0 Å². The fourth-order valence-electron chi connectivity index (χ4n) is 4.28. The summed E-state index contributed by atoms with van der Waals surface area (Å²) in [5.41, 5.74) is 9.11. The predicted octanol–water partition coefficient (Wildman–Crippen LogP) is 3.35. The fourth-order valence-corrected chi connectivity index (χ4v) is 4.28. The van der Waals surface area contributed by atoms with Crippen LogP contribution in [0.4, 0.5) is 0 Å². The van der Waals surface area contributed by atoms with E-state index in [4.69, 9.17) is 19.9 Å². The SMILES string of the molecule is Cc1cc2c(c(=O)n1CCc1ccccc1)[C@H](c1ccc3c(c1)OCO3)C(C#N)=C(N)O2. The van der Waals surface area contributed by atoms with Crippen molar-refractivity contribution in [3.63, 3.8) is 0 Å². The van der Waals surface area contributed by atoms with Gasteiger partial charge >= 0.3 is 0 Å². The van der Waals surface area contributed by atoms with Gasteiger partial charge in [-0.25, -0.2) is 0 Å². The molecule has 1 aromatic heterocycles. The van der Waals surface area contributed by atoms with Crippen molar-refractivity contribution in [2.75, 3.05) is 6.79 Å². The van der Waals surface area contributed by atoms with Gasteiger partial charge in [0.15, 0.2) is 11.5 Å². The molecule has 0 amide bonds. The first-order valence-electron chi connectivity index (χ1n) is 10.3. The molecule has 2 N–H and O–H groups in total. The molecule has 2 aliphatic rings. The number of nitrogens with two attached hydrogens (primary N) is 1. The van der Waals surface area contributed by atoms with E-state index < -0.39 is 5.92 Å². The average molecular weight is 427 g/mol. The fraction of sp³-hybridized carbons (Fsp3) is 0.200. The minimum atomic E-state index is -0.658. The molecule has 3 heterocycles. The molecule has 2 aromatic carbocycles. The van der Waals surface area contributed by atoms with Gasteiger partial charge in [-0.1, -0.05) is 36.4 Å². The van der Waals surface area contributed by atoms with Gasteiger partial charge in [0, 0.05) is 18.3 Å². The molecule has 0 fully saturated rings. The number of hydrogen-bond acceptors (Lipinski definition) is 6. The quantitative estimate of drug-likeness (QED) is 0.686. The highest BCUT2D eigenvalue weighted by Crippen LogP contribution is 2.43. The van der Waals surface area contributed by atoms with Crippen molar-refractivity contribution in [1.29, 1.82) is 5.26 Å². The minimum Gasteiger partial charge on any atom is -0.454 e. The number of hydrogen-bond donors (Lipinski definition) is 1. The normalized spacial score (nSPS) is 16.3. The van der Waals surface area contributed by atoms with Crippen LogP contribution in [0.1, 0.15) is 28.3 Å². The molecular weight excluding hydrogens is 406 g/mol. The summed E-state index contributed by atoms with van der Waals surface area (Å²) in [5.74, 6) is 0.920. The smallest absolute Gasteiger partial charge is 0.258 e. The lowest BCUT2D eigenvalue weighted by molar-refractivity contribution is 0.174. The monoisotopic (exact) mass is 427 g/mol. The maximum Gasteiger partial charge on any atom is 0.258 e. The van der Waals surface area contributed by atoms with E-state index >= 15 is 0 Å². The number of ether oxygens (including phenoxy) is 3. The van der Waals surface area contributed by atoms with Gasteiger partial charge < -0.3 is 24.5 Å². The molecule has 0 radical (unpaired) electrons. The molecule has 0 spiro atoms. The zero-order valence-corrected chi connectivity index (χ0v) is 17.5. The molecular formula is C25H21N3O4. The van der Waals surface area contributed by atoms with Crippen molar-refractivity contribution in [3.8, 4) is 23.3 Å². The van der Waals surface area contributed by atoms with Crippen LogP contribution in [0.15, 0.2) is 70.8 Å². The van der Waals surface area contributed by atoms with Crippen LogP contribution in [0.2, 0.25) is 0 Å². The first kappa shape index (κ1) is 19.8. The topological polar surface area (TPSA) is 99.5 Å². The average Bonchev–Trinajstić information content (AvgIpc) is 3.26. The number of nitrogens with zero attached hydrogens (tertiary/aromatic N) is 2. The third-order valence-corrected chi connectivity index (χ3v) is 5.89. The zero-order chi connectivity index (χ0) is 22.2.